The molecule has 0 radical (unpaired) electrons. The van der Waals surface area contributed by atoms with Crippen LogP contribution in [0.15, 0.2) is 97.5 Å². The van der Waals surface area contributed by atoms with Crippen molar-refractivity contribution in [3.05, 3.63) is 120 Å². The van der Waals surface area contributed by atoms with Crippen molar-refractivity contribution in [2.24, 2.45) is 0 Å². The lowest BCUT2D eigenvalue weighted by molar-refractivity contribution is 0.627. The van der Waals surface area contributed by atoms with Gasteiger partial charge in [-0.1, -0.05) is 24.8 Å². The van der Waals surface area contributed by atoms with Gasteiger partial charge in [0.2, 0.25) is 0 Å². The van der Waals surface area contributed by atoms with E-state index in [1.54, 1.807) is 35.1 Å². The lowest BCUT2D eigenvalue weighted by Gasteiger charge is -2.28. The van der Waals surface area contributed by atoms with Crippen molar-refractivity contribution >= 4 is 11.3 Å². The first-order valence-corrected chi connectivity index (χ1v) is 9.46. The van der Waals surface area contributed by atoms with Crippen molar-refractivity contribution in [3.8, 4) is 11.8 Å². The summed E-state index contributed by atoms with van der Waals surface area (Å²) < 4.78 is 15.1. The van der Waals surface area contributed by atoms with Crippen LogP contribution in [0.25, 0.3) is 17.0 Å². The molecule has 0 aliphatic carbocycles. The van der Waals surface area contributed by atoms with Gasteiger partial charge in [0.1, 0.15) is 5.82 Å². The highest BCUT2D eigenvalue weighted by Gasteiger charge is 2.18. The van der Waals surface area contributed by atoms with Crippen molar-refractivity contribution in [1.29, 1.82) is 5.26 Å². The van der Waals surface area contributed by atoms with Crippen molar-refractivity contribution < 1.29 is 4.39 Å². The second kappa shape index (κ2) is 8.06. The Hall–Kier alpha value is -4.17. The van der Waals surface area contributed by atoms with Gasteiger partial charge in [0.15, 0.2) is 0 Å². The van der Waals surface area contributed by atoms with Gasteiger partial charge in [0.05, 0.1) is 29.2 Å². The van der Waals surface area contributed by atoms with Gasteiger partial charge < -0.3 is 4.90 Å². The Bertz CT molecular complexity index is 1220. The summed E-state index contributed by atoms with van der Waals surface area (Å²) >= 11 is 0. The number of nitriles is 1. The summed E-state index contributed by atoms with van der Waals surface area (Å²) in [4.78, 5) is 2.01. The molecule has 5 heteroatoms. The fourth-order valence-electron chi connectivity index (χ4n) is 3.38. The summed E-state index contributed by atoms with van der Waals surface area (Å²) in [6, 6.07) is 17.8. The van der Waals surface area contributed by atoms with E-state index >= 15 is 0 Å². The molecule has 0 fully saturated rings. The smallest absolute Gasteiger partial charge is 0.123 e. The summed E-state index contributed by atoms with van der Waals surface area (Å²) in [5.41, 5.74) is 5.98. The molecule has 4 nitrogen and oxygen atoms in total. The van der Waals surface area contributed by atoms with Crippen molar-refractivity contribution in [2.75, 3.05) is 0 Å². The fraction of sp³-hybridized carbons (Fsp3) is 0.0400. The van der Waals surface area contributed by atoms with Gasteiger partial charge in [-0.25, -0.2) is 9.07 Å². The van der Waals surface area contributed by atoms with Crippen LogP contribution >= 0.6 is 0 Å². The second-order valence-corrected chi connectivity index (χ2v) is 6.75. The van der Waals surface area contributed by atoms with E-state index in [1.165, 1.54) is 12.1 Å². The molecule has 0 saturated heterocycles. The SMILES string of the molecule is C=C1C=CC(c2ccnn2-c2ccc(F)cc2)=CN1/C(=C\C)c1ccc(C#N)cc1. The summed E-state index contributed by atoms with van der Waals surface area (Å²) in [6.45, 7) is 6.13. The summed E-state index contributed by atoms with van der Waals surface area (Å²) in [5, 5.41) is 13.5. The first-order valence-electron chi connectivity index (χ1n) is 9.46. The van der Waals surface area contributed by atoms with Crippen LogP contribution in [0.3, 0.4) is 0 Å². The molecule has 0 atom stereocenters. The molecule has 0 N–H and O–H groups in total. The number of aromatic nitrogens is 2. The lowest BCUT2D eigenvalue weighted by Crippen LogP contribution is -2.17. The largest absolute Gasteiger partial charge is 0.317 e. The zero-order chi connectivity index (χ0) is 21.1. The number of hydrogen-bond donors (Lipinski definition) is 0. The molecule has 3 aromatic rings. The zero-order valence-electron chi connectivity index (χ0n) is 16.5. The highest BCUT2D eigenvalue weighted by atomic mass is 19.1. The maximum atomic E-state index is 13.3. The van der Waals surface area contributed by atoms with Gasteiger partial charge in [-0.15, -0.1) is 0 Å². The van der Waals surface area contributed by atoms with Crippen LogP contribution in [-0.4, -0.2) is 14.7 Å². The lowest BCUT2D eigenvalue weighted by atomic mass is 10.0. The van der Waals surface area contributed by atoms with Crippen LogP contribution < -0.4 is 0 Å². The van der Waals surface area contributed by atoms with Crippen LogP contribution in [0.4, 0.5) is 4.39 Å². The topological polar surface area (TPSA) is 44.9 Å². The average molecular weight is 394 g/mol. The molecule has 4 rings (SSSR count). The number of halogens is 1. The molecule has 2 aromatic carbocycles. The van der Waals surface area contributed by atoms with Gasteiger partial charge in [-0.3, -0.25) is 0 Å². The van der Waals surface area contributed by atoms with Crippen LogP contribution in [-0.2, 0) is 0 Å². The molecule has 0 bridgehead atoms. The number of hydrogen-bond acceptors (Lipinski definition) is 3. The van der Waals surface area contributed by atoms with Crippen molar-refractivity contribution in [1.82, 2.24) is 14.7 Å². The molecule has 146 valence electrons. The standard InChI is InChI=1S/C25H19FN4/c1-3-24(20-8-5-19(16-27)6-9-20)29-17-21(7-4-18(29)2)25-14-15-28-30(25)23-12-10-22(26)11-13-23/h3-15,17H,2H2,1H3/b24-3-. The predicted molar refractivity (Wildman–Crippen MR) is 116 cm³/mol. The van der Waals surface area contributed by atoms with Crippen LogP contribution in [0.5, 0.6) is 0 Å². The number of nitrogens with zero attached hydrogens (tertiary/aromatic N) is 4. The molecule has 1 aromatic heterocycles. The Balaban J connectivity index is 1.73. The molecule has 0 spiro atoms. The van der Waals surface area contributed by atoms with E-state index < -0.39 is 0 Å². The van der Waals surface area contributed by atoms with Gasteiger partial charge >= 0.3 is 0 Å². The Labute approximate surface area is 174 Å². The van der Waals surface area contributed by atoms with Gasteiger partial charge in [-0.2, -0.15) is 10.4 Å². The molecule has 0 unspecified atom stereocenters. The minimum absolute atomic E-state index is 0.285. The minimum Gasteiger partial charge on any atom is -0.317 e. The molecule has 1 aliphatic rings. The molecule has 0 amide bonds. The molecule has 1 aliphatic heterocycles. The van der Waals surface area contributed by atoms with Crippen molar-refractivity contribution in [3.63, 3.8) is 0 Å². The zero-order valence-corrected chi connectivity index (χ0v) is 16.5. The first kappa shape index (κ1) is 19.2. The van der Waals surface area contributed by atoms with E-state index in [4.69, 9.17) is 5.26 Å². The van der Waals surface area contributed by atoms with E-state index in [0.717, 1.165) is 33.9 Å². The third kappa shape index (κ3) is 3.59. The van der Waals surface area contributed by atoms with E-state index in [0.29, 0.717) is 5.56 Å². The van der Waals surface area contributed by atoms with E-state index in [1.807, 2.05) is 54.5 Å². The summed E-state index contributed by atoms with van der Waals surface area (Å²) in [7, 11) is 0. The normalized spacial score (nSPS) is 13.9. The highest BCUT2D eigenvalue weighted by molar-refractivity contribution is 5.79. The van der Waals surface area contributed by atoms with Crippen LogP contribution in [0.2, 0.25) is 0 Å². The minimum atomic E-state index is -0.285. The third-order valence-corrected chi connectivity index (χ3v) is 4.89. The van der Waals surface area contributed by atoms with E-state index in [9.17, 15) is 4.39 Å². The number of allylic oxidation sites excluding steroid dienone is 4. The summed E-state index contributed by atoms with van der Waals surface area (Å²) in [5.74, 6) is -0.285. The quantitative estimate of drug-likeness (QED) is 0.573. The molecule has 0 saturated carbocycles. The first-order chi connectivity index (χ1) is 14.6. The monoisotopic (exact) mass is 394 g/mol. The van der Waals surface area contributed by atoms with Crippen LogP contribution in [0, 0.1) is 17.1 Å². The number of benzene rings is 2. The van der Waals surface area contributed by atoms with Crippen LogP contribution in [0.1, 0.15) is 23.7 Å². The van der Waals surface area contributed by atoms with E-state index in [2.05, 4.69) is 17.7 Å². The molecule has 2 heterocycles. The highest BCUT2D eigenvalue weighted by Crippen LogP contribution is 2.31. The number of rotatable bonds is 4. The maximum Gasteiger partial charge on any atom is 0.123 e. The molecular weight excluding hydrogens is 375 g/mol. The van der Waals surface area contributed by atoms with E-state index in [-0.39, 0.29) is 5.82 Å². The molecular formula is C25H19FN4. The predicted octanol–water partition coefficient (Wildman–Crippen LogP) is 5.67. The van der Waals surface area contributed by atoms with Crippen molar-refractivity contribution in [2.45, 2.75) is 6.92 Å². The van der Waals surface area contributed by atoms with Gasteiger partial charge in [0.25, 0.3) is 0 Å². The Morgan fingerprint density at radius 3 is 2.47 bits per heavy atom. The second-order valence-electron chi connectivity index (χ2n) is 6.75. The molecule has 30 heavy (non-hydrogen) atoms. The Morgan fingerprint density at radius 2 is 1.80 bits per heavy atom. The Morgan fingerprint density at radius 1 is 1.07 bits per heavy atom. The Kier molecular flexibility index (Phi) is 5.15. The average Bonchev–Trinajstić information content (AvgIpc) is 3.26. The van der Waals surface area contributed by atoms with Gasteiger partial charge in [0, 0.05) is 23.2 Å². The fourth-order valence-corrected chi connectivity index (χ4v) is 3.38. The maximum absolute atomic E-state index is 13.3. The van der Waals surface area contributed by atoms with Gasteiger partial charge in [-0.05, 0) is 67.1 Å². The third-order valence-electron chi connectivity index (χ3n) is 4.89. The summed E-state index contributed by atoms with van der Waals surface area (Å²) in [6.07, 6.45) is 9.68.